The lowest BCUT2D eigenvalue weighted by Crippen LogP contribution is -2.12. The van der Waals surface area contributed by atoms with Crippen LogP contribution in [0.2, 0.25) is 0 Å². The summed E-state index contributed by atoms with van der Waals surface area (Å²) in [5.41, 5.74) is 10.3. The van der Waals surface area contributed by atoms with Gasteiger partial charge in [-0.25, -0.2) is 4.98 Å². The maximum atomic E-state index is 5.47. The lowest BCUT2D eigenvalue weighted by Gasteiger charge is -2.30. The fourth-order valence-electron chi connectivity index (χ4n) is 8.67. The van der Waals surface area contributed by atoms with Gasteiger partial charge in [-0.3, -0.25) is 0 Å². The van der Waals surface area contributed by atoms with E-state index in [1.165, 1.54) is 72.5 Å². The summed E-state index contributed by atoms with van der Waals surface area (Å²) in [4.78, 5) is 7.99. The zero-order chi connectivity index (χ0) is 38.2. The van der Waals surface area contributed by atoms with Crippen LogP contribution in [0.1, 0.15) is 0 Å². The molecule has 3 aromatic heterocycles. The normalized spacial score (nSPS) is 11.8. The van der Waals surface area contributed by atoms with Crippen molar-refractivity contribution in [2.45, 2.75) is 0 Å². The number of rotatable bonds is 6. The molecule has 0 aliphatic rings. The van der Waals surface area contributed by atoms with Gasteiger partial charge in [0.2, 0.25) is 0 Å². The van der Waals surface area contributed by atoms with E-state index >= 15 is 0 Å². The fraction of sp³-hybridized carbons (Fsp3) is 0. The molecule has 3 heterocycles. The molecule has 9 aromatic carbocycles. The first-order chi connectivity index (χ1) is 28.8. The number of hydrogen-bond acceptors (Lipinski definition) is 5. The van der Waals surface area contributed by atoms with Crippen LogP contribution in [0.5, 0.6) is 0 Å². The second-order valence-corrected chi connectivity index (χ2v) is 17.8. The number of nitrogens with zero attached hydrogens (tertiary/aromatic N) is 2. The van der Waals surface area contributed by atoms with Gasteiger partial charge in [-0.15, -0.1) is 34.0 Å². The third-order valence-electron chi connectivity index (χ3n) is 11.3. The third kappa shape index (κ3) is 5.32. The highest BCUT2D eigenvalue weighted by Gasteiger charge is 2.28. The van der Waals surface area contributed by atoms with E-state index in [-0.39, 0.29) is 0 Å². The highest BCUT2D eigenvalue weighted by Crippen LogP contribution is 2.55. The lowest BCUT2D eigenvalue weighted by atomic mass is 9.91. The third-order valence-corrected chi connectivity index (χ3v) is 14.7. The van der Waals surface area contributed by atoms with Gasteiger partial charge >= 0.3 is 0 Å². The summed E-state index contributed by atoms with van der Waals surface area (Å²) in [7, 11) is 0. The van der Waals surface area contributed by atoms with E-state index in [4.69, 9.17) is 4.98 Å². The van der Waals surface area contributed by atoms with Crippen molar-refractivity contribution >= 4 is 112 Å². The zero-order valence-corrected chi connectivity index (χ0v) is 33.5. The van der Waals surface area contributed by atoms with Gasteiger partial charge in [0.1, 0.15) is 5.01 Å². The Bertz CT molecular complexity index is 3510. The Morgan fingerprint density at radius 1 is 0.379 bits per heavy atom. The molecule has 2 nitrogen and oxygen atoms in total. The van der Waals surface area contributed by atoms with E-state index < -0.39 is 0 Å². The summed E-state index contributed by atoms with van der Waals surface area (Å²) in [6.45, 7) is 0. The molecule has 0 unspecified atom stereocenters. The Hall–Kier alpha value is -6.63. The van der Waals surface area contributed by atoms with Crippen molar-refractivity contribution in [1.82, 2.24) is 4.98 Å². The molecule has 12 rings (SSSR count). The van der Waals surface area contributed by atoms with Crippen LogP contribution in [0.15, 0.2) is 194 Å². The second kappa shape index (κ2) is 13.5. The number of benzene rings is 9. The van der Waals surface area contributed by atoms with Gasteiger partial charge in [0.25, 0.3) is 0 Å². The lowest BCUT2D eigenvalue weighted by molar-refractivity contribution is 1.31. The van der Waals surface area contributed by atoms with Crippen LogP contribution in [0, 0.1) is 0 Å². The maximum Gasteiger partial charge on any atom is 0.124 e. The van der Waals surface area contributed by atoms with Crippen molar-refractivity contribution in [1.29, 1.82) is 0 Å². The average Bonchev–Trinajstić information content (AvgIpc) is 4.01. The van der Waals surface area contributed by atoms with Crippen molar-refractivity contribution in [3.63, 3.8) is 0 Å². The molecule has 0 saturated heterocycles. The van der Waals surface area contributed by atoms with Crippen molar-refractivity contribution in [3.05, 3.63) is 194 Å². The first kappa shape index (κ1) is 33.5. The van der Waals surface area contributed by atoms with Gasteiger partial charge < -0.3 is 4.90 Å². The highest BCUT2D eigenvalue weighted by molar-refractivity contribution is 7.27. The summed E-state index contributed by atoms with van der Waals surface area (Å²) in [5.74, 6) is 0. The number of fused-ring (bicyclic) bond motifs is 9. The monoisotopic (exact) mass is 792 g/mol. The minimum atomic E-state index is 1.03. The average molecular weight is 793 g/mol. The molecule has 0 N–H and O–H groups in total. The van der Waals surface area contributed by atoms with Crippen LogP contribution in [-0.2, 0) is 0 Å². The molecule has 0 aliphatic carbocycles. The molecule has 58 heavy (non-hydrogen) atoms. The molecule has 12 aromatic rings. The summed E-state index contributed by atoms with van der Waals surface area (Å²) < 4.78 is 6.32. The molecule has 0 amide bonds. The van der Waals surface area contributed by atoms with E-state index in [1.54, 1.807) is 11.3 Å². The Kier molecular flexibility index (Phi) is 7.80. The summed E-state index contributed by atoms with van der Waals surface area (Å²) >= 11 is 5.51. The number of thiophene rings is 2. The van der Waals surface area contributed by atoms with Crippen LogP contribution >= 0.6 is 34.0 Å². The predicted octanol–water partition coefficient (Wildman–Crippen LogP) is 16.7. The summed E-state index contributed by atoms with van der Waals surface area (Å²) in [5, 5.41) is 8.60. The van der Waals surface area contributed by atoms with Crippen LogP contribution < -0.4 is 4.90 Å². The van der Waals surface area contributed by atoms with E-state index in [1.807, 2.05) is 22.7 Å². The van der Waals surface area contributed by atoms with Gasteiger partial charge in [-0.1, -0.05) is 152 Å². The van der Waals surface area contributed by atoms with E-state index in [0.717, 1.165) is 38.7 Å². The fourth-order valence-corrected chi connectivity index (χ4v) is 12.1. The molecule has 0 spiro atoms. The number of hydrogen-bond donors (Lipinski definition) is 0. The van der Waals surface area contributed by atoms with Crippen molar-refractivity contribution in [2.24, 2.45) is 0 Å². The smallest absolute Gasteiger partial charge is 0.124 e. The van der Waals surface area contributed by atoms with Crippen LogP contribution in [-0.4, -0.2) is 4.98 Å². The highest BCUT2D eigenvalue weighted by atomic mass is 32.1. The van der Waals surface area contributed by atoms with E-state index in [2.05, 4.69) is 199 Å². The molecule has 0 radical (unpaired) electrons. The largest absolute Gasteiger partial charge is 0.309 e. The number of anilines is 3. The standard InChI is InChI=1S/C53H32N2S3/c1-3-14-33(15-4-1)34-26-28-36(29-27-34)55(37-30-31-39-38-18-9-11-23-44(38)56-47(39)32-37)51-40-19-7-8-20-41(40)52-49(42-21-10-12-24-45(42)57-52)48(51)43-22-13-25-46-50(43)54-53(58-46)35-16-5-2-6-17-35/h1-32H. The Morgan fingerprint density at radius 2 is 0.966 bits per heavy atom. The summed E-state index contributed by atoms with van der Waals surface area (Å²) in [6.07, 6.45) is 0. The van der Waals surface area contributed by atoms with Crippen molar-refractivity contribution in [2.75, 3.05) is 4.90 Å². The quantitative estimate of drug-likeness (QED) is 0.167. The van der Waals surface area contributed by atoms with Gasteiger partial charge in [-0.05, 0) is 53.6 Å². The molecular weight excluding hydrogens is 761 g/mol. The van der Waals surface area contributed by atoms with E-state index in [0.29, 0.717) is 0 Å². The Morgan fingerprint density at radius 3 is 1.74 bits per heavy atom. The molecule has 0 bridgehead atoms. The maximum absolute atomic E-state index is 5.47. The van der Waals surface area contributed by atoms with Crippen LogP contribution in [0.4, 0.5) is 17.1 Å². The van der Waals surface area contributed by atoms with Gasteiger partial charge in [0, 0.05) is 79.2 Å². The first-order valence-corrected chi connectivity index (χ1v) is 21.9. The number of thiazole rings is 1. The molecule has 0 atom stereocenters. The van der Waals surface area contributed by atoms with Gasteiger partial charge in [0.15, 0.2) is 0 Å². The summed E-state index contributed by atoms with van der Waals surface area (Å²) in [6, 6.07) is 70.8. The van der Waals surface area contributed by atoms with Crippen molar-refractivity contribution in [3.8, 4) is 32.8 Å². The second-order valence-electron chi connectivity index (χ2n) is 14.6. The minimum absolute atomic E-state index is 1.03. The molecule has 5 heteroatoms. The molecule has 272 valence electrons. The van der Waals surface area contributed by atoms with Gasteiger partial charge in [-0.2, -0.15) is 0 Å². The minimum Gasteiger partial charge on any atom is -0.309 e. The molecular formula is C53H32N2S3. The SMILES string of the molecule is c1ccc(-c2ccc(N(c3ccc4c(c3)sc3ccccc34)c3c(-c4cccc5sc(-c6ccccc6)nc45)c4c5ccccc5sc4c4ccccc34)cc2)cc1. The van der Waals surface area contributed by atoms with Crippen LogP contribution in [0.25, 0.3) is 94.2 Å². The molecule has 0 aliphatic heterocycles. The van der Waals surface area contributed by atoms with E-state index in [9.17, 15) is 0 Å². The first-order valence-electron chi connectivity index (χ1n) is 19.4. The van der Waals surface area contributed by atoms with Crippen molar-refractivity contribution < 1.29 is 0 Å². The Balaban J connectivity index is 1.22. The number of aromatic nitrogens is 1. The predicted molar refractivity (Wildman–Crippen MR) is 254 cm³/mol. The topological polar surface area (TPSA) is 16.1 Å². The Labute approximate surface area is 347 Å². The molecule has 0 saturated carbocycles. The number of para-hydroxylation sites is 1. The van der Waals surface area contributed by atoms with Gasteiger partial charge in [0.05, 0.1) is 15.9 Å². The molecule has 0 fully saturated rings. The van der Waals surface area contributed by atoms with Crippen LogP contribution in [0.3, 0.4) is 0 Å². The zero-order valence-electron chi connectivity index (χ0n) is 31.1.